The first kappa shape index (κ1) is 20.2. The number of thiazole rings is 1. The van der Waals surface area contributed by atoms with Gasteiger partial charge in [0.1, 0.15) is 0 Å². The van der Waals surface area contributed by atoms with Gasteiger partial charge < -0.3 is 20.4 Å². The predicted octanol–water partition coefficient (Wildman–Crippen LogP) is 4.62. The van der Waals surface area contributed by atoms with E-state index < -0.39 is 5.91 Å². The number of nitrogens with one attached hydrogen (secondary N) is 1. The average Bonchev–Trinajstić information content (AvgIpc) is 3.12. The highest BCUT2D eigenvalue weighted by Crippen LogP contribution is 2.40. The van der Waals surface area contributed by atoms with Crippen LogP contribution >= 0.6 is 11.3 Å². The van der Waals surface area contributed by atoms with Crippen molar-refractivity contribution in [3.8, 4) is 34.3 Å². The molecule has 0 aliphatic rings. The number of rotatable bonds is 4. The molecule has 0 radical (unpaired) electrons. The Kier molecular flexibility index (Phi) is 5.47. The number of hydrogen-bond acceptors (Lipinski definition) is 7. The van der Waals surface area contributed by atoms with Gasteiger partial charge in [0.05, 0.1) is 5.69 Å². The van der Waals surface area contributed by atoms with Crippen LogP contribution in [0.3, 0.4) is 0 Å². The van der Waals surface area contributed by atoms with Gasteiger partial charge in [-0.3, -0.25) is 10.1 Å². The molecule has 0 bridgehead atoms. The van der Waals surface area contributed by atoms with Crippen molar-refractivity contribution in [1.82, 2.24) is 4.98 Å². The van der Waals surface area contributed by atoms with Crippen molar-refractivity contribution in [2.24, 2.45) is 0 Å². The number of aromatic hydroxyl groups is 4. The van der Waals surface area contributed by atoms with E-state index in [4.69, 9.17) is 0 Å². The van der Waals surface area contributed by atoms with Crippen molar-refractivity contribution in [2.45, 2.75) is 20.8 Å². The Morgan fingerprint density at radius 2 is 1.79 bits per heavy atom. The summed E-state index contributed by atoms with van der Waals surface area (Å²) in [6, 6.07) is 5.21. The van der Waals surface area contributed by atoms with Gasteiger partial charge in [-0.25, -0.2) is 4.98 Å². The number of benzene rings is 2. The van der Waals surface area contributed by atoms with Gasteiger partial charge in [-0.1, -0.05) is 11.6 Å². The van der Waals surface area contributed by atoms with E-state index >= 15 is 0 Å². The zero-order chi connectivity index (χ0) is 21.3. The van der Waals surface area contributed by atoms with Crippen LogP contribution in [0.5, 0.6) is 23.0 Å². The van der Waals surface area contributed by atoms with Crippen LogP contribution in [-0.2, 0) is 0 Å². The number of aromatic nitrogens is 1. The monoisotopic (exact) mass is 412 g/mol. The lowest BCUT2D eigenvalue weighted by molar-refractivity contribution is 0.102. The third-order valence-corrected chi connectivity index (χ3v) is 5.00. The molecule has 150 valence electrons. The Hall–Kier alpha value is -3.52. The van der Waals surface area contributed by atoms with Crippen molar-refractivity contribution in [2.75, 3.05) is 5.32 Å². The number of carbonyl (C=O) groups excluding carboxylic acids is 1. The van der Waals surface area contributed by atoms with Gasteiger partial charge >= 0.3 is 0 Å². The number of hydrogen-bond donors (Lipinski definition) is 5. The molecule has 3 aromatic rings. The lowest BCUT2D eigenvalue weighted by Crippen LogP contribution is -2.11. The maximum atomic E-state index is 12.4. The number of nitrogens with zero attached hydrogens (tertiary/aromatic N) is 1. The van der Waals surface area contributed by atoms with Crippen LogP contribution in [0.1, 0.15) is 35.3 Å². The summed E-state index contributed by atoms with van der Waals surface area (Å²) in [5.74, 6) is -1.62. The van der Waals surface area contributed by atoms with Gasteiger partial charge in [0.15, 0.2) is 28.1 Å². The number of anilines is 1. The number of phenolic OH excluding ortho intramolecular Hbond substituents is 4. The number of allylic oxidation sites excluding steroid dienone is 1. The first-order valence-corrected chi connectivity index (χ1v) is 9.55. The average molecular weight is 412 g/mol. The Bertz CT molecular complexity index is 1130. The molecule has 1 aromatic heterocycles. The molecular formula is C21H20N2O5S. The van der Waals surface area contributed by atoms with Gasteiger partial charge in [0, 0.05) is 22.1 Å². The van der Waals surface area contributed by atoms with Gasteiger partial charge in [-0.15, -0.1) is 11.3 Å². The molecule has 0 saturated carbocycles. The molecule has 29 heavy (non-hydrogen) atoms. The van der Waals surface area contributed by atoms with E-state index in [2.05, 4.69) is 10.3 Å². The summed E-state index contributed by atoms with van der Waals surface area (Å²) in [5, 5.41) is 43.7. The van der Waals surface area contributed by atoms with Crippen LogP contribution in [0.25, 0.3) is 17.3 Å². The van der Waals surface area contributed by atoms with Gasteiger partial charge in [0.25, 0.3) is 5.91 Å². The fraction of sp³-hybridized carbons (Fsp3) is 0.143. The largest absolute Gasteiger partial charge is 0.504 e. The molecule has 5 N–H and O–H groups in total. The summed E-state index contributed by atoms with van der Waals surface area (Å²) < 4.78 is 0. The number of phenols is 4. The Morgan fingerprint density at radius 3 is 2.45 bits per heavy atom. The molecule has 0 fully saturated rings. The number of amides is 1. The van der Waals surface area contributed by atoms with E-state index in [1.54, 1.807) is 12.3 Å². The van der Waals surface area contributed by atoms with Crippen molar-refractivity contribution in [3.63, 3.8) is 0 Å². The summed E-state index contributed by atoms with van der Waals surface area (Å²) in [4.78, 5) is 16.8. The van der Waals surface area contributed by atoms with E-state index in [-0.39, 0.29) is 28.6 Å². The normalized spacial score (nSPS) is 10.6. The first-order chi connectivity index (χ1) is 13.7. The minimum absolute atomic E-state index is 0.167. The fourth-order valence-corrected chi connectivity index (χ4v) is 3.49. The quantitative estimate of drug-likeness (QED) is 0.399. The second-order valence-electron chi connectivity index (χ2n) is 6.75. The topological polar surface area (TPSA) is 123 Å². The summed E-state index contributed by atoms with van der Waals surface area (Å²) in [6.07, 6.45) is 1.89. The molecule has 0 atom stereocenters. The maximum absolute atomic E-state index is 12.4. The molecule has 0 unspecified atom stereocenters. The van der Waals surface area contributed by atoms with Crippen molar-refractivity contribution >= 4 is 28.5 Å². The zero-order valence-electron chi connectivity index (χ0n) is 16.0. The van der Waals surface area contributed by atoms with E-state index in [1.165, 1.54) is 29.5 Å². The lowest BCUT2D eigenvalue weighted by atomic mass is 9.96. The van der Waals surface area contributed by atoms with Crippen LogP contribution in [-0.4, -0.2) is 31.3 Å². The van der Waals surface area contributed by atoms with Crippen molar-refractivity contribution in [3.05, 3.63) is 51.9 Å². The summed E-state index contributed by atoms with van der Waals surface area (Å²) in [7, 11) is 0. The minimum atomic E-state index is -0.490. The van der Waals surface area contributed by atoms with E-state index in [0.29, 0.717) is 22.0 Å². The zero-order valence-corrected chi connectivity index (χ0v) is 16.8. The predicted molar refractivity (Wildman–Crippen MR) is 113 cm³/mol. The molecule has 3 rings (SSSR count). The number of carbonyl (C=O) groups is 1. The smallest absolute Gasteiger partial charge is 0.257 e. The van der Waals surface area contributed by atoms with Gasteiger partial charge in [-0.05, 0) is 50.6 Å². The molecule has 1 amide bonds. The molecular weight excluding hydrogens is 392 g/mol. The highest BCUT2D eigenvalue weighted by molar-refractivity contribution is 7.14. The Balaban J connectivity index is 1.95. The molecule has 2 aromatic carbocycles. The Labute approximate surface area is 171 Å². The van der Waals surface area contributed by atoms with Crippen LogP contribution < -0.4 is 5.32 Å². The molecule has 0 aliphatic carbocycles. The summed E-state index contributed by atoms with van der Waals surface area (Å²) in [5.41, 5.74) is 3.59. The second kappa shape index (κ2) is 7.84. The lowest BCUT2D eigenvalue weighted by Gasteiger charge is -2.12. The highest BCUT2D eigenvalue weighted by Gasteiger charge is 2.17. The SMILES string of the molecule is CC(C)=Cc1c(-c2csc(NC(=O)c3ccc(O)c(O)c3)n2)cc(O)c(O)c1C. The van der Waals surface area contributed by atoms with Crippen molar-refractivity contribution < 1.29 is 25.2 Å². The fourth-order valence-electron chi connectivity index (χ4n) is 2.78. The third-order valence-electron chi connectivity index (χ3n) is 4.24. The summed E-state index contributed by atoms with van der Waals surface area (Å²) in [6.45, 7) is 5.56. The highest BCUT2D eigenvalue weighted by atomic mass is 32.1. The molecule has 7 nitrogen and oxygen atoms in total. The van der Waals surface area contributed by atoms with Gasteiger partial charge in [-0.2, -0.15) is 0 Å². The molecule has 0 aliphatic heterocycles. The second-order valence-corrected chi connectivity index (χ2v) is 7.61. The summed E-state index contributed by atoms with van der Waals surface area (Å²) >= 11 is 1.20. The van der Waals surface area contributed by atoms with E-state index in [1.807, 2.05) is 19.9 Å². The van der Waals surface area contributed by atoms with Crippen LogP contribution in [0.2, 0.25) is 0 Å². The van der Waals surface area contributed by atoms with Crippen LogP contribution in [0.15, 0.2) is 35.2 Å². The van der Waals surface area contributed by atoms with Crippen LogP contribution in [0.4, 0.5) is 5.13 Å². The van der Waals surface area contributed by atoms with E-state index in [9.17, 15) is 25.2 Å². The van der Waals surface area contributed by atoms with E-state index in [0.717, 1.165) is 17.2 Å². The standard InChI is InChI=1S/C21H20N2O5S/c1-10(2)6-13-11(3)19(27)18(26)8-14(13)15-9-29-21(22-15)23-20(28)12-4-5-16(24)17(25)7-12/h4-9,24-27H,1-3H3,(H,22,23,28). The maximum Gasteiger partial charge on any atom is 0.257 e. The molecule has 1 heterocycles. The molecule has 0 spiro atoms. The molecule has 0 saturated heterocycles. The van der Waals surface area contributed by atoms with Crippen LogP contribution in [0, 0.1) is 6.92 Å². The van der Waals surface area contributed by atoms with Crippen molar-refractivity contribution in [1.29, 1.82) is 0 Å². The minimum Gasteiger partial charge on any atom is -0.504 e. The Morgan fingerprint density at radius 1 is 1.07 bits per heavy atom. The van der Waals surface area contributed by atoms with Gasteiger partial charge in [0.2, 0.25) is 0 Å². The third kappa shape index (κ3) is 4.17. The first-order valence-electron chi connectivity index (χ1n) is 8.67. The molecule has 8 heteroatoms.